The van der Waals surface area contributed by atoms with Gasteiger partial charge in [-0.1, -0.05) is 23.2 Å². The molecule has 2 N–H and O–H groups in total. The maximum Gasteiger partial charge on any atom is 0.338 e. The summed E-state index contributed by atoms with van der Waals surface area (Å²) in [5.74, 6) is -1.34. The molecule has 0 radical (unpaired) electrons. The summed E-state index contributed by atoms with van der Waals surface area (Å²) < 4.78 is 32.0. The number of benzene rings is 1. The topological polar surface area (TPSA) is 114 Å². The van der Waals surface area contributed by atoms with Gasteiger partial charge in [-0.2, -0.15) is 0 Å². The number of esters is 1. The molecule has 0 atom stereocenters. The van der Waals surface area contributed by atoms with E-state index in [-0.39, 0.29) is 21.3 Å². The molecular weight excluding hydrogens is 453 g/mol. The zero-order chi connectivity index (χ0) is 22.7. The first-order valence-electron chi connectivity index (χ1n) is 8.72. The molecular formula is C19H21Cl2N3O5S. The van der Waals surface area contributed by atoms with Gasteiger partial charge < -0.3 is 10.1 Å². The van der Waals surface area contributed by atoms with E-state index in [1.807, 2.05) is 0 Å². The molecule has 0 aliphatic heterocycles. The van der Waals surface area contributed by atoms with Crippen LogP contribution in [0.1, 0.15) is 36.8 Å². The van der Waals surface area contributed by atoms with Crippen LogP contribution in [0.15, 0.2) is 35.2 Å². The summed E-state index contributed by atoms with van der Waals surface area (Å²) >= 11 is 11.9. The maximum atomic E-state index is 12.3. The minimum Gasteiger partial charge on any atom is -0.452 e. The Balaban J connectivity index is 1.98. The summed E-state index contributed by atoms with van der Waals surface area (Å²) in [6.45, 7) is 6.22. The van der Waals surface area contributed by atoms with Crippen LogP contribution in [-0.2, 0) is 19.6 Å². The van der Waals surface area contributed by atoms with Crippen molar-refractivity contribution in [2.45, 2.75) is 38.1 Å². The maximum absolute atomic E-state index is 12.3. The quantitative estimate of drug-likeness (QED) is 0.619. The first kappa shape index (κ1) is 24.1. The monoisotopic (exact) mass is 473 g/mol. The van der Waals surface area contributed by atoms with E-state index in [0.717, 1.165) is 0 Å². The molecule has 30 heavy (non-hydrogen) atoms. The van der Waals surface area contributed by atoms with E-state index in [2.05, 4.69) is 15.0 Å². The number of nitrogens with one attached hydrogen (secondary N) is 2. The summed E-state index contributed by atoms with van der Waals surface area (Å²) in [6, 6.07) is 6.61. The highest BCUT2D eigenvalue weighted by Gasteiger charge is 2.22. The number of sulfonamides is 1. The number of rotatable bonds is 6. The number of nitrogens with zero attached hydrogens (tertiary/aromatic N) is 1. The Morgan fingerprint density at radius 2 is 1.70 bits per heavy atom. The molecule has 8 nitrogen and oxygen atoms in total. The largest absolute Gasteiger partial charge is 0.452 e. The number of halogens is 2. The van der Waals surface area contributed by atoms with Crippen molar-refractivity contribution in [1.29, 1.82) is 0 Å². The third kappa shape index (κ3) is 6.66. The highest BCUT2D eigenvalue weighted by molar-refractivity contribution is 7.89. The minimum absolute atomic E-state index is 0.00513. The molecule has 1 amide bonds. The molecule has 1 heterocycles. The van der Waals surface area contributed by atoms with Crippen molar-refractivity contribution in [3.05, 3.63) is 51.6 Å². The molecule has 0 fully saturated rings. The highest BCUT2D eigenvalue weighted by Crippen LogP contribution is 2.25. The summed E-state index contributed by atoms with van der Waals surface area (Å²) in [5, 5.41) is 2.93. The number of hydrogen-bond donors (Lipinski definition) is 2. The van der Waals surface area contributed by atoms with Crippen LogP contribution in [0, 0.1) is 6.92 Å². The molecule has 0 bridgehead atoms. The van der Waals surface area contributed by atoms with E-state index in [4.69, 9.17) is 27.9 Å². The van der Waals surface area contributed by atoms with Crippen LogP contribution in [0.4, 0.5) is 5.82 Å². The molecule has 0 aliphatic carbocycles. The second kappa shape index (κ2) is 9.30. The molecule has 0 aliphatic rings. The number of pyridine rings is 1. The van der Waals surface area contributed by atoms with Crippen molar-refractivity contribution in [3.63, 3.8) is 0 Å². The molecule has 2 rings (SSSR count). The van der Waals surface area contributed by atoms with Crippen molar-refractivity contribution in [2.75, 3.05) is 11.9 Å². The van der Waals surface area contributed by atoms with Crippen LogP contribution < -0.4 is 10.0 Å². The first-order valence-corrected chi connectivity index (χ1v) is 11.0. The highest BCUT2D eigenvalue weighted by atomic mass is 35.5. The fourth-order valence-electron chi connectivity index (χ4n) is 2.26. The average Bonchev–Trinajstić information content (AvgIpc) is 2.62. The van der Waals surface area contributed by atoms with Gasteiger partial charge in [-0.25, -0.2) is 22.9 Å². The average molecular weight is 474 g/mol. The van der Waals surface area contributed by atoms with Crippen LogP contribution in [0.5, 0.6) is 0 Å². The normalized spacial score (nSPS) is 11.8. The van der Waals surface area contributed by atoms with Crippen molar-refractivity contribution in [1.82, 2.24) is 9.71 Å². The second-order valence-electron chi connectivity index (χ2n) is 7.39. The predicted octanol–water partition coefficient (Wildman–Crippen LogP) is 3.57. The van der Waals surface area contributed by atoms with Gasteiger partial charge in [-0.05, 0) is 58.0 Å². The number of carbonyl (C=O) groups excluding carboxylic acids is 2. The van der Waals surface area contributed by atoms with Gasteiger partial charge in [0.2, 0.25) is 10.0 Å². The first-order chi connectivity index (χ1) is 13.8. The number of ether oxygens (including phenoxy) is 1. The molecule has 0 spiro atoms. The van der Waals surface area contributed by atoms with Crippen LogP contribution in [0.25, 0.3) is 0 Å². The molecule has 2 aromatic rings. The van der Waals surface area contributed by atoms with Gasteiger partial charge in [-0.15, -0.1) is 0 Å². The third-order valence-corrected chi connectivity index (χ3v) is 5.98. The third-order valence-electron chi connectivity index (χ3n) is 3.54. The Labute approximate surface area is 185 Å². The Hall–Kier alpha value is -2.20. The summed E-state index contributed by atoms with van der Waals surface area (Å²) in [7, 11) is -3.73. The standard InChI is InChI=1S/C19H21Cl2N3O5S/c1-11-14(20)9-15(21)17(22-11)23-16(25)10-29-18(26)12-5-7-13(8-6-12)30(27,28)24-19(2,3)4/h5-9,24H,10H2,1-4H3,(H,22,23,25). The molecule has 0 saturated heterocycles. The fourth-order valence-corrected chi connectivity index (χ4v) is 4.09. The molecule has 0 saturated carbocycles. The lowest BCUT2D eigenvalue weighted by Crippen LogP contribution is -2.40. The Morgan fingerprint density at radius 1 is 1.10 bits per heavy atom. The van der Waals surface area contributed by atoms with Crippen LogP contribution in [-0.4, -0.2) is 37.4 Å². The number of carbonyl (C=O) groups is 2. The predicted molar refractivity (Wildman–Crippen MR) is 114 cm³/mol. The van der Waals surface area contributed by atoms with Gasteiger partial charge in [-0.3, -0.25) is 4.79 Å². The van der Waals surface area contributed by atoms with Crippen LogP contribution >= 0.6 is 23.2 Å². The molecule has 162 valence electrons. The number of aromatic nitrogens is 1. The van der Waals surface area contributed by atoms with E-state index in [9.17, 15) is 18.0 Å². The summed E-state index contributed by atoms with van der Waals surface area (Å²) in [4.78, 5) is 28.2. The lowest BCUT2D eigenvalue weighted by atomic mass is 10.1. The van der Waals surface area contributed by atoms with E-state index < -0.39 is 34.0 Å². The summed E-state index contributed by atoms with van der Waals surface area (Å²) in [5.41, 5.74) is -0.0789. The smallest absolute Gasteiger partial charge is 0.338 e. The lowest BCUT2D eigenvalue weighted by molar-refractivity contribution is -0.119. The van der Waals surface area contributed by atoms with Crippen molar-refractivity contribution < 1.29 is 22.7 Å². The van der Waals surface area contributed by atoms with Crippen molar-refractivity contribution >= 4 is 50.9 Å². The lowest BCUT2D eigenvalue weighted by Gasteiger charge is -2.20. The Bertz CT molecular complexity index is 1060. The van der Waals surface area contributed by atoms with Gasteiger partial charge in [0, 0.05) is 5.54 Å². The zero-order valence-electron chi connectivity index (χ0n) is 16.7. The fraction of sp³-hybridized carbons (Fsp3) is 0.316. The number of aryl methyl sites for hydroxylation is 1. The van der Waals surface area contributed by atoms with Gasteiger partial charge >= 0.3 is 5.97 Å². The second-order valence-corrected chi connectivity index (χ2v) is 9.89. The molecule has 1 aromatic carbocycles. The van der Waals surface area contributed by atoms with Crippen LogP contribution in [0.3, 0.4) is 0 Å². The van der Waals surface area contributed by atoms with Crippen molar-refractivity contribution in [2.24, 2.45) is 0 Å². The zero-order valence-corrected chi connectivity index (χ0v) is 19.1. The number of amides is 1. The Morgan fingerprint density at radius 3 is 2.27 bits per heavy atom. The van der Waals surface area contributed by atoms with Gasteiger partial charge in [0.1, 0.15) is 0 Å². The van der Waals surface area contributed by atoms with Crippen LogP contribution in [0.2, 0.25) is 10.0 Å². The SMILES string of the molecule is Cc1nc(NC(=O)COC(=O)c2ccc(S(=O)(=O)NC(C)(C)C)cc2)c(Cl)cc1Cl. The number of hydrogen-bond acceptors (Lipinski definition) is 6. The van der Waals surface area contributed by atoms with E-state index in [1.54, 1.807) is 27.7 Å². The molecule has 0 unspecified atom stereocenters. The van der Waals surface area contributed by atoms with Crippen molar-refractivity contribution in [3.8, 4) is 0 Å². The van der Waals surface area contributed by atoms with Gasteiger partial charge in [0.25, 0.3) is 5.91 Å². The van der Waals surface area contributed by atoms with Gasteiger partial charge in [0.15, 0.2) is 12.4 Å². The van der Waals surface area contributed by atoms with Gasteiger partial charge in [0.05, 0.1) is 26.2 Å². The summed E-state index contributed by atoms with van der Waals surface area (Å²) in [6.07, 6.45) is 0. The molecule has 11 heteroatoms. The van der Waals surface area contributed by atoms with E-state index in [0.29, 0.717) is 10.7 Å². The minimum atomic E-state index is -3.73. The number of anilines is 1. The van der Waals surface area contributed by atoms with E-state index in [1.165, 1.54) is 30.3 Å². The Kier molecular flexibility index (Phi) is 7.46. The van der Waals surface area contributed by atoms with E-state index >= 15 is 0 Å². The molecule has 1 aromatic heterocycles.